The highest BCUT2D eigenvalue weighted by Crippen LogP contribution is 2.29. The van der Waals surface area contributed by atoms with Crippen LogP contribution in [0.4, 0.5) is 0 Å². The van der Waals surface area contributed by atoms with Crippen molar-refractivity contribution in [3.8, 4) is 0 Å². The number of nitrogens with one attached hydrogen (secondary N) is 1. The van der Waals surface area contributed by atoms with Crippen molar-refractivity contribution in [3.63, 3.8) is 0 Å². The van der Waals surface area contributed by atoms with E-state index < -0.39 is 0 Å². The van der Waals surface area contributed by atoms with E-state index in [0.717, 1.165) is 32.7 Å². The molecule has 0 aromatic rings. The van der Waals surface area contributed by atoms with E-state index in [1.165, 1.54) is 12.8 Å². The number of carbonyl (C=O) groups excluding carboxylic acids is 1. The van der Waals surface area contributed by atoms with E-state index in [1.807, 2.05) is 0 Å². The summed E-state index contributed by atoms with van der Waals surface area (Å²) in [5, 5.41) is 3.31. The third-order valence-corrected chi connectivity index (χ3v) is 3.68. The summed E-state index contributed by atoms with van der Waals surface area (Å²) in [6.45, 7) is 7.62. The van der Waals surface area contributed by atoms with Gasteiger partial charge < -0.3 is 15.0 Å². The second kappa shape index (κ2) is 6.53. The highest BCUT2D eigenvalue weighted by Gasteiger charge is 2.34. The highest BCUT2D eigenvalue weighted by atomic mass is 16.5. The molecule has 0 bridgehead atoms. The summed E-state index contributed by atoms with van der Waals surface area (Å²) in [7, 11) is 0. The lowest BCUT2D eigenvalue weighted by atomic mass is 10.1. The predicted molar refractivity (Wildman–Crippen MR) is 71.4 cm³/mol. The molecule has 1 atom stereocenters. The smallest absolute Gasteiger partial charge is 0.224 e. The van der Waals surface area contributed by atoms with Crippen LogP contribution in [0.5, 0.6) is 0 Å². The summed E-state index contributed by atoms with van der Waals surface area (Å²) < 4.78 is 5.40. The van der Waals surface area contributed by atoms with Crippen LogP contribution in [0.1, 0.15) is 39.5 Å². The van der Waals surface area contributed by atoms with E-state index in [4.69, 9.17) is 4.74 Å². The molecular weight excluding hydrogens is 228 g/mol. The van der Waals surface area contributed by atoms with Crippen molar-refractivity contribution in [2.24, 2.45) is 5.92 Å². The van der Waals surface area contributed by atoms with Crippen molar-refractivity contribution in [2.45, 2.75) is 51.6 Å². The first-order valence-electron chi connectivity index (χ1n) is 7.27. The lowest BCUT2D eigenvalue weighted by Gasteiger charge is -2.25. The number of amides is 1. The molecule has 1 saturated heterocycles. The summed E-state index contributed by atoms with van der Waals surface area (Å²) in [5.74, 6) is 0.880. The Morgan fingerprint density at radius 3 is 2.72 bits per heavy atom. The minimum atomic E-state index is 0.317. The van der Waals surface area contributed by atoms with Gasteiger partial charge in [0.2, 0.25) is 5.91 Å². The van der Waals surface area contributed by atoms with Crippen LogP contribution in [0.15, 0.2) is 0 Å². The maximum absolute atomic E-state index is 12.2. The van der Waals surface area contributed by atoms with Crippen molar-refractivity contribution >= 4 is 5.91 Å². The normalized spacial score (nSPS) is 23.6. The zero-order valence-corrected chi connectivity index (χ0v) is 11.7. The molecule has 2 aliphatic rings. The van der Waals surface area contributed by atoms with Crippen molar-refractivity contribution < 1.29 is 9.53 Å². The first kappa shape index (κ1) is 13.8. The van der Waals surface area contributed by atoms with Crippen LogP contribution >= 0.6 is 0 Å². The van der Waals surface area contributed by atoms with Gasteiger partial charge >= 0.3 is 0 Å². The minimum Gasteiger partial charge on any atom is -0.381 e. The maximum atomic E-state index is 12.2. The molecule has 1 heterocycles. The van der Waals surface area contributed by atoms with E-state index in [9.17, 15) is 4.79 Å². The Labute approximate surface area is 110 Å². The van der Waals surface area contributed by atoms with E-state index in [2.05, 4.69) is 24.1 Å². The summed E-state index contributed by atoms with van der Waals surface area (Å²) in [4.78, 5) is 14.4. The Hall–Kier alpha value is -0.610. The van der Waals surface area contributed by atoms with Crippen LogP contribution in [-0.2, 0) is 9.53 Å². The van der Waals surface area contributed by atoms with E-state index >= 15 is 0 Å². The fourth-order valence-corrected chi connectivity index (χ4v) is 2.46. The predicted octanol–water partition coefficient (Wildman–Crippen LogP) is 1.40. The first-order valence-corrected chi connectivity index (χ1v) is 7.27. The molecule has 2 rings (SSSR count). The van der Waals surface area contributed by atoms with Gasteiger partial charge in [0.25, 0.3) is 0 Å². The quantitative estimate of drug-likeness (QED) is 0.747. The fourth-order valence-electron chi connectivity index (χ4n) is 2.46. The summed E-state index contributed by atoms with van der Waals surface area (Å²) >= 11 is 0. The van der Waals surface area contributed by atoms with Crippen LogP contribution in [0.2, 0.25) is 0 Å². The molecule has 2 fully saturated rings. The Balaban J connectivity index is 1.75. The van der Waals surface area contributed by atoms with Crippen LogP contribution in [0.3, 0.4) is 0 Å². The standard InChI is InChI=1S/C14H26N2O2/c1-11(2)15-7-5-14(17)16(13-3-4-13)9-12-6-8-18-10-12/h11-13,15H,3-10H2,1-2H3. The van der Waals surface area contributed by atoms with E-state index in [1.54, 1.807) is 0 Å². The van der Waals surface area contributed by atoms with Gasteiger partial charge in [-0.1, -0.05) is 13.8 Å². The Morgan fingerprint density at radius 2 is 2.17 bits per heavy atom. The van der Waals surface area contributed by atoms with Gasteiger partial charge in [-0.05, 0) is 19.3 Å². The number of rotatable bonds is 7. The molecule has 1 N–H and O–H groups in total. The number of nitrogens with zero attached hydrogens (tertiary/aromatic N) is 1. The van der Waals surface area contributed by atoms with E-state index in [0.29, 0.717) is 30.3 Å². The molecule has 0 spiro atoms. The fraction of sp³-hybridized carbons (Fsp3) is 0.929. The molecule has 1 saturated carbocycles. The summed E-state index contributed by atoms with van der Waals surface area (Å²) in [6, 6.07) is 0.979. The van der Waals surface area contributed by atoms with Crippen molar-refractivity contribution in [3.05, 3.63) is 0 Å². The van der Waals surface area contributed by atoms with Gasteiger partial charge in [0.15, 0.2) is 0 Å². The second-order valence-corrected chi connectivity index (χ2v) is 5.87. The molecule has 104 valence electrons. The van der Waals surface area contributed by atoms with Gasteiger partial charge in [0.05, 0.1) is 6.61 Å². The maximum Gasteiger partial charge on any atom is 0.224 e. The topological polar surface area (TPSA) is 41.6 Å². The van der Waals surface area contributed by atoms with Crippen molar-refractivity contribution in [2.75, 3.05) is 26.3 Å². The SMILES string of the molecule is CC(C)NCCC(=O)N(CC1CCOC1)C1CC1. The Kier molecular flexibility index (Phi) is 5.01. The molecule has 0 radical (unpaired) electrons. The lowest BCUT2D eigenvalue weighted by Crippen LogP contribution is -2.39. The molecule has 1 amide bonds. The molecule has 1 aliphatic heterocycles. The van der Waals surface area contributed by atoms with Gasteiger partial charge in [-0.25, -0.2) is 0 Å². The molecule has 4 nitrogen and oxygen atoms in total. The summed E-state index contributed by atoms with van der Waals surface area (Å²) in [5.41, 5.74) is 0. The molecule has 0 aromatic heterocycles. The average molecular weight is 254 g/mol. The van der Waals surface area contributed by atoms with Gasteiger partial charge in [-0.15, -0.1) is 0 Å². The highest BCUT2D eigenvalue weighted by molar-refractivity contribution is 5.77. The van der Waals surface area contributed by atoms with Crippen LogP contribution < -0.4 is 5.32 Å². The molecule has 1 unspecified atom stereocenters. The minimum absolute atomic E-state index is 0.317. The molecule has 18 heavy (non-hydrogen) atoms. The van der Waals surface area contributed by atoms with Gasteiger partial charge in [0, 0.05) is 44.1 Å². The third kappa shape index (κ3) is 4.25. The summed E-state index contributed by atoms with van der Waals surface area (Å²) in [6.07, 6.45) is 4.12. The third-order valence-electron chi connectivity index (χ3n) is 3.68. The number of hydrogen-bond donors (Lipinski definition) is 1. The van der Waals surface area contributed by atoms with Crippen LogP contribution in [-0.4, -0.2) is 49.2 Å². The number of carbonyl (C=O) groups is 1. The first-order chi connectivity index (χ1) is 8.66. The molecule has 1 aliphatic carbocycles. The van der Waals surface area contributed by atoms with Crippen LogP contribution in [0, 0.1) is 5.92 Å². The Bertz CT molecular complexity index is 271. The van der Waals surface area contributed by atoms with Gasteiger partial charge in [0.1, 0.15) is 0 Å². The molecule has 4 heteroatoms. The zero-order valence-electron chi connectivity index (χ0n) is 11.7. The number of hydrogen-bond acceptors (Lipinski definition) is 3. The molecule has 0 aromatic carbocycles. The largest absolute Gasteiger partial charge is 0.381 e. The zero-order chi connectivity index (χ0) is 13.0. The van der Waals surface area contributed by atoms with Crippen LogP contribution in [0.25, 0.3) is 0 Å². The Morgan fingerprint density at radius 1 is 1.39 bits per heavy atom. The van der Waals surface area contributed by atoms with Gasteiger partial charge in [-0.2, -0.15) is 0 Å². The number of ether oxygens (including phenoxy) is 1. The second-order valence-electron chi connectivity index (χ2n) is 5.87. The lowest BCUT2D eigenvalue weighted by molar-refractivity contribution is -0.132. The van der Waals surface area contributed by atoms with Crippen molar-refractivity contribution in [1.29, 1.82) is 0 Å². The average Bonchev–Trinajstić information content (AvgIpc) is 3.02. The monoisotopic (exact) mass is 254 g/mol. The van der Waals surface area contributed by atoms with Gasteiger partial charge in [-0.3, -0.25) is 4.79 Å². The molecular formula is C14H26N2O2. The van der Waals surface area contributed by atoms with E-state index in [-0.39, 0.29) is 0 Å². The van der Waals surface area contributed by atoms with Crippen molar-refractivity contribution in [1.82, 2.24) is 10.2 Å².